The summed E-state index contributed by atoms with van der Waals surface area (Å²) in [5.74, 6) is 0. The van der Waals surface area contributed by atoms with Gasteiger partial charge in [-0.05, 0) is 34.9 Å². The fraction of sp³-hybridized carbons (Fsp3) is 0.267. The van der Waals surface area contributed by atoms with E-state index in [-0.39, 0.29) is 6.04 Å². The number of nitrogens with two attached hydrogens (primary N) is 1. The lowest BCUT2D eigenvalue weighted by atomic mass is 10.0. The molecule has 1 aliphatic rings. The van der Waals surface area contributed by atoms with Crippen LogP contribution in [-0.2, 0) is 13.1 Å². The van der Waals surface area contributed by atoms with Crippen LogP contribution in [0.25, 0.3) is 0 Å². The fourth-order valence-corrected chi connectivity index (χ4v) is 3.31. The molecule has 0 saturated carbocycles. The number of halogens is 2. The summed E-state index contributed by atoms with van der Waals surface area (Å²) >= 11 is 12.6. The molecule has 104 valence electrons. The molecule has 2 N–H and O–H groups in total. The van der Waals surface area contributed by atoms with Gasteiger partial charge in [0.15, 0.2) is 0 Å². The normalized spacial score (nSPS) is 18.2. The Kier molecular flexibility index (Phi) is 3.94. The van der Waals surface area contributed by atoms with Gasteiger partial charge in [0.1, 0.15) is 0 Å². The number of fused-ring (bicyclic) bond motifs is 1. The van der Waals surface area contributed by atoms with Crippen molar-refractivity contribution in [2.24, 2.45) is 5.73 Å². The molecule has 20 heavy (non-hydrogen) atoms. The third kappa shape index (κ3) is 2.42. The second kappa shape index (κ2) is 5.70. The number of hydrogen-bond donors (Lipinski definition) is 1. The van der Waals surface area contributed by atoms with Crippen molar-refractivity contribution in [3.63, 3.8) is 0 Å². The summed E-state index contributed by atoms with van der Waals surface area (Å²) in [6, 6.07) is 7.81. The lowest BCUT2D eigenvalue weighted by Crippen LogP contribution is -2.27. The summed E-state index contributed by atoms with van der Waals surface area (Å²) in [5.41, 5.74) is 9.28. The van der Waals surface area contributed by atoms with Gasteiger partial charge in [-0.15, -0.1) is 0 Å². The van der Waals surface area contributed by atoms with Crippen LogP contribution < -0.4 is 5.73 Å². The molecular formula is C15H15Cl2N3. The molecule has 2 aromatic rings. The highest BCUT2D eigenvalue weighted by atomic mass is 35.5. The van der Waals surface area contributed by atoms with Gasteiger partial charge in [-0.1, -0.05) is 29.3 Å². The average molecular weight is 308 g/mol. The molecule has 1 unspecified atom stereocenters. The van der Waals surface area contributed by atoms with Crippen molar-refractivity contribution in [1.82, 2.24) is 9.88 Å². The third-order valence-electron chi connectivity index (χ3n) is 3.71. The first-order valence-corrected chi connectivity index (χ1v) is 7.26. The maximum atomic E-state index is 6.33. The van der Waals surface area contributed by atoms with Crippen LogP contribution in [0.2, 0.25) is 10.0 Å². The molecule has 0 bridgehead atoms. The van der Waals surface area contributed by atoms with E-state index < -0.39 is 0 Å². The maximum absolute atomic E-state index is 6.33. The van der Waals surface area contributed by atoms with Gasteiger partial charge in [0.05, 0.1) is 0 Å². The van der Waals surface area contributed by atoms with Crippen LogP contribution >= 0.6 is 23.2 Å². The molecule has 0 aliphatic carbocycles. The third-order valence-corrected chi connectivity index (χ3v) is 4.40. The summed E-state index contributed by atoms with van der Waals surface area (Å²) in [5, 5.41) is 1.50. The molecule has 0 amide bonds. The minimum Gasteiger partial charge on any atom is -0.329 e. The molecule has 3 rings (SSSR count). The second-order valence-corrected chi connectivity index (χ2v) is 5.75. The van der Waals surface area contributed by atoms with Gasteiger partial charge < -0.3 is 5.73 Å². The molecule has 1 aromatic heterocycles. The van der Waals surface area contributed by atoms with Crippen LogP contribution in [-0.4, -0.2) is 16.4 Å². The Morgan fingerprint density at radius 3 is 2.75 bits per heavy atom. The Morgan fingerprint density at radius 1 is 1.25 bits per heavy atom. The van der Waals surface area contributed by atoms with Gasteiger partial charge in [0, 0.05) is 48.1 Å². The molecule has 0 saturated heterocycles. The molecule has 1 aromatic carbocycles. The number of rotatable bonds is 3. The molecule has 1 atom stereocenters. The monoisotopic (exact) mass is 307 g/mol. The first-order chi connectivity index (χ1) is 9.70. The summed E-state index contributed by atoms with van der Waals surface area (Å²) in [6.07, 6.45) is 3.65. The van der Waals surface area contributed by atoms with Crippen LogP contribution in [0.4, 0.5) is 0 Å². The Hall–Kier alpha value is -1.13. The number of aromatic nitrogens is 1. The van der Waals surface area contributed by atoms with Gasteiger partial charge in [0.25, 0.3) is 0 Å². The van der Waals surface area contributed by atoms with E-state index in [0.717, 1.165) is 39.8 Å². The summed E-state index contributed by atoms with van der Waals surface area (Å²) < 4.78 is 0. The molecule has 0 radical (unpaired) electrons. The van der Waals surface area contributed by atoms with Gasteiger partial charge in [-0.3, -0.25) is 9.88 Å². The molecule has 1 aliphatic heterocycles. The van der Waals surface area contributed by atoms with E-state index in [4.69, 9.17) is 28.9 Å². The second-order valence-electron chi connectivity index (χ2n) is 4.94. The zero-order valence-electron chi connectivity index (χ0n) is 10.9. The minimum atomic E-state index is 0.108. The predicted molar refractivity (Wildman–Crippen MR) is 81.7 cm³/mol. The Morgan fingerprint density at radius 2 is 2.05 bits per heavy atom. The Balaban J connectivity index is 1.93. The van der Waals surface area contributed by atoms with Crippen molar-refractivity contribution in [2.45, 2.75) is 19.1 Å². The van der Waals surface area contributed by atoms with E-state index >= 15 is 0 Å². The maximum Gasteiger partial charge on any atom is 0.0496 e. The van der Waals surface area contributed by atoms with Crippen molar-refractivity contribution in [3.05, 3.63) is 63.4 Å². The zero-order chi connectivity index (χ0) is 14.1. The average Bonchev–Trinajstić information content (AvgIpc) is 2.83. The van der Waals surface area contributed by atoms with Gasteiger partial charge in [0.2, 0.25) is 0 Å². The van der Waals surface area contributed by atoms with Crippen molar-refractivity contribution in [1.29, 1.82) is 0 Å². The lowest BCUT2D eigenvalue weighted by molar-refractivity contribution is 0.211. The summed E-state index contributed by atoms with van der Waals surface area (Å²) in [4.78, 5) is 6.44. The minimum absolute atomic E-state index is 0.108. The standard InChI is InChI=1S/C15H15Cl2N3/c16-12-3-4-13(17)15-11(12)9-20(14(15)6-18)8-10-2-1-5-19-7-10/h1-5,7,14H,6,8-9,18H2. The van der Waals surface area contributed by atoms with E-state index in [1.165, 1.54) is 0 Å². The van der Waals surface area contributed by atoms with Crippen molar-refractivity contribution < 1.29 is 0 Å². The quantitative estimate of drug-likeness (QED) is 0.945. The Labute approximate surface area is 128 Å². The zero-order valence-corrected chi connectivity index (χ0v) is 12.4. The van der Waals surface area contributed by atoms with Gasteiger partial charge in [-0.25, -0.2) is 0 Å². The van der Waals surface area contributed by atoms with E-state index in [1.54, 1.807) is 6.20 Å². The predicted octanol–water partition coefficient (Wildman–Crippen LogP) is 3.40. The highest BCUT2D eigenvalue weighted by Crippen LogP contribution is 2.41. The highest BCUT2D eigenvalue weighted by molar-refractivity contribution is 6.34. The van der Waals surface area contributed by atoms with Crippen LogP contribution in [0.5, 0.6) is 0 Å². The Bertz CT molecular complexity index is 616. The van der Waals surface area contributed by atoms with Crippen LogP contribution in [0.1, 0.15) is 22.7 Å². The molecule has 2 heterocycles. The molecule has 5 heteroatoms. The lowest BCUT2D eigenvalue weighted by Gasteiger charge is -2.24. The molecule has 0 fully saturated rings. The number of pyridine rings is 1. The van der Waals surface area contributed by atoms with Crippen molar-refractivity contribution in [3.8, 4) is 0 Å². The van der Waals surface area contributed by atoms with E-state index in [0.29, 0.717) is 6.54 Å². The number of nitrogens with zero attached hydrogens (tertiary/aromatic N) is 2. The number of hydrogen-bond acceptors (Lipinski definition) is 3. The first-order valence-electron chi connectivity index (χ1n) is 6.50. The van der Waals surface area contributed by atoms with Crippen LogP contribution in [0.15, 0.2) is 36.7 Å². The largest absolute Gasteiger partial charge is 0.329 e. The van der Waals surface area contributed by atoms with Crippen molar-refractivity contribution in [2.75, 3.05) is 6.54 Å². The van der Waals surface area contributed by atoms with E-state index in [1.807, 2.05) is 24.4 Å². The van der Waals surface area contributed by atoms with Crippen molar-refractivity contribution >= 4 is 23.2 Å². The van der Waals surface area contributed by atoms with Crippen LogP contribution in [0, 0.1) is 0 Å². The van der Waals surface area contributed by atoms with Gasteiger partial charge in [-0.2, -0.15) is 0 Å². The summed E-state index contributed by atoms with van der Waals surface area (Å²) in [7, 11) is 0. The number of benzene rings is 1. The van der Waals surface area contributed by atoms with Gasteiger partial charge >= 0.3 is 0 Å². The highest BCUT2D eigenvalue weighted by Gasteiger charge is 2.32. The summed E-state index contributed by atoms with van der Waals surface area (Å²) in [6.45, 7) is 2.08. The molecular weight excluding hydrogens is 293 g/mol. The SMILES string of the molecule is NCC1c2c(Cl)ccc(Cl)c2CN1Cc1cccnc1. The van der Waals surface area contributed by atoms with E-state index in [9.17, 15) is 0 Å². The van der Waals surface area contributed by atoms with E-state index in [2.05, 4.69) is 16.0 Å². The smallest absolute Gasteiger partial charge is 0.0496 e. The topological polar surface area (TPSA) is 42.1 Å². The van der Waals surface area contributed by atoms with Crippen LogP contribution in [0.3, 0.4) is 0 Å². The molecule has 3 nitrogen and oxygen atoms in total. The fourth-order valence-electron chi connectivity index (χ4n) is 2.79. The molecule has 0 spiro atoms. The first kappa shape index (κ1) is 13.8.